The van der Waals surface area contributed by atoms with Crippen LogP contribution in [0.4, 0.5) is 5.13 Å². The number of pyridine rings is 1. The van der Waals surface area contributed by atoms with E-state index in [1.807, 2.05) is 24.5 Å². The Morgan fingerprint density at radius 2 is 2.14 bits per heavy atom. The zero-order chi connectivity index (χ0) is 14.7. The van der Waals surface area contributed by atoms with E-state index in [1.54, 1.807) is 0 Å². The third-order valence-corrected chi connectivity index (χ3v) is 4.28. The molecule has 1 fully saturated rings. The summed E-state index contributed by atoms with van der Waals surface area (Å²) in [6, 6.07) is 4.27. The summed E-state index contributed by atoms with van der Waals surface area (Å²) >= 11 is 1.43. The molecule has 0 aliphatic carbocycles. The van der Waals surface area contributed by atoms with Crippen molar-refractivity contribution in [3.8, 4) is 0 Å². The maximum Gasteiger partial charge on any atom is 0.202 e. The lowest BCUT2D eigenvalue weighted by molar-refractivity contribution is 0.00560. The van der Waals surface area contributed by atoms with Crippen LogP contribution < -0.4 is 5.32 Å². The number of nitrogens with zero attached hydrogens (tertiary/aromatic N) is 3. The molecule has 0 bridgehead atoms. The van der Waals surface area contributed by atoms with Crippen molar-refractivity contribution in [3.63, 3.8) is 0 Å². The lowest BCUT2D eigenvalue weighted by atomic mass is 9.97. The van der Waals surface area contributed by atoms with Gasteiger partial charge in [0.05, 0.1) is 6.04 Å². The first-order valence-electron chi connectivity index (χ1n) is 7.35. The average Bonchev–Trinajstić information content (AvgIpc) is 2.98. The Labute approximate surface area is 129 Å². The quantitative estimate of drug-likeness (QED) is 0.938. The Morgan fingerprint density at radius 3 is 2.86 bits per heavy atom. The second kappa shape index (κ2) is 6.49. The van der Waals surface area contributed by atoms with Crippen molar-refractivity contribution in [3.05, 3.63) is 35.9 Å². The monoisotopic (exact) mass is 304 g/mol. The lowest BCUT2D eigenvalue weighted by Gasteiger charge is -2.32. The third kappa shape index (κ3) is 3.39. The van der Waals surface area contributed by atoms with Crippen molar-refractivity contribution < 1.29 is 4.74 Å². The van der Waals surface area contributed by atoms with Crippen LogP contribution in [0.5, 0.6) is 0 Å². The van der Waals surface area contributed by atoms with E-state index >= 15 is 0 Å². The molecule has 1 aliphatic heterocycles. The van der Waals surface area contributed by atoms with Crippen molar-refractivity contribution in [2.75, 3.05) is 11.9 Å². The number of rotatable bonds is 4. The first kappa shape index (κ1) is 14.4. The first-order valence-corrected chi connectivity index (χ1v) is 8.13. The topological polar surface area (TPSA) is 59.9 Å². The normalized spacial score (nSPS) is 22.4. The van der Waals surface area contributed by atoms with Crippen molar-refractivity contribution in [2.24, 2.45) is 0 Å². The number of anilines is 1. The minimum absolute atomic E-state index is 0.0492. The van der Waals surface area contributed by atoms with Crippen molar-refractivity contribution in [1.29, 1.82) is 0 Å². The van der Waals surface area contributed by atoms with E-state index < -0.39 is 0 Å². The van der Waals surface area contributed by atoms with E-state index in [9.17, 15) is 0 Å². The van der Waals surface area contributed by atoms with Crippen LogP contribution >= 0.6 is 11.5 Å². The van der Waals surface area contributed by atoms with Gasteiger partial charge in [-0.3, -0.25) is 4.98 Å². The molecule has 3 rings (SSSR count). The fourth-order valence-corrected chi connectivity index (χ4v) is 3.27. The van der Waals surface area contributed by atoms with Gasteiger partial charge in [0.1, 0.15) is 11.9 Å². The third-order valence-electron chi connectivity index (χ3n) is 3.62. The number of hydrogen-bond donors (Lipinski definition) is 1. The molecule has 0 unspecified atom stereocenters. The van der Waals surface area contributed by atoms with Gasteiger partial charge in [-0.2, -0.15) is 4.37 Å². The summed E-state index contributed by atoms with van der Waals surface area (Å²) in [4.78, 5) is 8.64. The van der Waals surface area contributed by atoms with Crippen LogP contribution in [-0.2, 0) is 4.74 Å². The standard InChI is InChI=1S/C15H20N4OS/c1-10(2)14-18-15(21-19-14)17-12-4-3-9-20-13(12)11-5-7-16-8-6-11/h5-8,10,12-13H,3-4,9H2,1-2H3,(H,17,18,19)/t12-,13+/m0/s1. The predicted molar refractivity (Wildman–Crippen MR) is 83.6 cm³/mol. The van der Waals surface area contributed by atoms with Crippen LogP contribution in [0.1, 0.15) is 50.1 Å². The number of aromatic nitrogens is 3. The minimum atomic E-state index is 0.0492. The minimum Gasteiger partial charge on any atom is -0.371 e. The molecule has 0 spiro atoms. The molecular formula is C15H20N4OS. The zero-order valence-electron chi connectivity index (χ0n) is 12.3. The van der Waals surface area contributed by atoms with Crippen LogP contribution in [0.3, 0.4) is 0 Å². The van der Waals surface area contributed by atoms with Gasteiger partial charge >= 0.3 is 0 Å². The Hall–Kier alpha value is -1.53. The van der Waals surface area contributed by atoms with Gasteiger partial charge in [0.25, 0.3) is 0 Å². The Bertz CT molecular complexity index is 572. The highest BCUT2D eigenvalue weighted by atomic mass is 32.1. The molecule has 1 aliphatic rings. The van der Waals surface area contributed by atoms with Gasteiger partial charge in [-0.15, -0.1) is 0 Å². The molecule has 2 aromatic heterocycles. The predicted octanol–water partition coefficient (Wildman–Crippen LogP) is 3.39. The Kier molecular flexibility index (Phi) is 4.45. The van der Waals surface area contributed by atoms with E-state index in [0.717, 1.165) is 36.0 Å². The summed E-state index contributed by atoms with van der Waals surface area (Å²) in [6.07, 6.45) is 5.81. The van der Waals surface area contributed by atoms with Crippen molar-refractivity contribution in [2.45, 2.75) is 44.8 Å². The lowest BCUT2D eigenvalue weighted by Crippen LogP contribution is -2.33. The summed E-state index contributed by atoms with van der Waals surface area (Å²) in [6.45, 7) is 5.02. The average molecular weight is 304 g/mol. The van der Waals surface area contributed by atoms with E-state index in [-0.39, 0.29) is 12.1 Å². The number of nitrogens with one attached hydrogen (secondary N) is 1. The Balaban J connectivity index is 1.75. The van der Waals surface area contributed by atoms with Gasteiger partial charge in [-0.05, 0) is 30.5 Å². The molecule has 3 heterocycles. The molecule has 0 radical (unpaired) electrons. The summed E-state index contributed by atoms with van der Waals surface area (Å²) in [7, 11) is 0. The molecule has 0 amide bonds. The molecule has 6 heteroatoms. The van der Waals surface area contributed by atoms with Gasteiger partial charge in [-0.1, -0.05) is 13.8 Å². The van der Waals surface area contributed by atoms with Crippen LogP contribution in [0.25, 0.3) is 0 Å². The highest BCUT2D eigenvalue weighted by Crippen LogP contribution is 2.31. The van der Waals surface area contributed by atoms with Crippen molar-refractivity contribution >= 4 is 16.7 Å². The molecule has 112 valence electrons. The van der Waals surface area contributed by atoms with Gasteiger partial charge in [-0.25, -0.2) is 4.98 Å². The summed E-state index contributed by atoms with van der Waals surface area (Å²) in [5.41, 5.74) is 1.16. The number of ether oxygens (including phenoxy) is 1. The molecule has 1 saturated heterocycles. The fraction of sp³-hybridized carbons (Fsp3) is 0.533. The maximum absolute atomic E-state index is 5.97. The van der Waals surface area contributed by atoms with Gasteiger partial charge in [0, 0.05) is 36.5 Å². The molecule has 5 nitrogen and oxygen atoms in total. The SMILES string of the molecule is CC(C)c1nsc(N[C@H]2CCCO[C@@H]2c2ccncc2)n1. The zero-order valence-corrected chi connectivity index (χ0v) is 13.1. The van der Waals surface area contributed by atoms with Gasteiger partial charge in [0.15, 0.2) is 0 Å². The van der Waals surface area contributed by atoms with Crippen LogP contribution in [0.2, 0.25) is 0 Å². The van der Waals surface area contributed by atoms with Gasteiger partial charge < -0.3 is 10.1 Å². The molecule has 0 aromatic carbocycles. The first-order chi connectivity index (χ1) is 10.2. The van der Waals surface area contributed by atoms with E-state index in [0.29, 0.717) is 5.92 Å². The van der Waals surface area contributed by atoms with Gasteiger partial charge in [0.2, 0.25) is 5.13 Å². The van der Waals surface area contributed by atoms with E-state index in [4.69, 9.17) is 4.74 Å². The smallest absolute Gasteiger partial charge is 0.202 e. The maximum atomic E-state index is 5.97. The molecule has 0 saturated carbocycles. The molecule has 21 heavy (non-hydrogen) atoms. The van der Waals surface area contributed by atoms with Crippen LogP contribution in [-0.4, -0.2) is 27.0 Å². The molecule has 2 aromatic rings. The highest BCUT2D eigenvalue weighted by molar-refractivity contribution is 7.09. The highest BCUT2D eigenvalue weighted by Gasteiger charge is 2.28. The number of hydrogen-bond acceptors (Lipinski definition) is 6. The largest absolute Gasteiger partial charge is 0.371 e. The second-order valence-corrected chi connectivity index (χ2v) is 6.33. The molecular weight excluding hydrogens is 284 g/mol. The summed E-state index contributed by atoms with van der Waals surface area (Å²) in [5, 5.41) is 4.39. The summed E-state index contributed by atoms with van der Waals surface area (Å²) < 4.78 is 10.4. The Morgan fingerprint density at radius 1 is 1.33 bits per heavy atom. The van der Waals surface area contributed by atoms with E-state index in [1.165, 1.54) is 11.5 Å². The van der Waals surface area contributed by atoms with Crippen LogP contribution in [0, 0.1) is 0 Å². The van der Waals surface area contributed by atoms with Crippen LogP contribution in [0.15, 0.2) is 24.5 Å². The second-order valence-electron chi connectivity index (χ2n) is 5.58. The van der Waals surface area contributed by atoms with E-state index in [2.05, 4.69) is 33.5 Å². The van der Waals surface area contributed by atoms with Crippen molar-refractivity contribution in [1.82, 2.24) is 14.3 Å². The summed E-state index contributed by atoms with van der Waals surface area (Å²) in [5.74, 6) is 1.26. The molecule has 2 atom stereocenters. The molecule has 1 N–H and O–H groups in total. The fourth-order valence-electron chi connectivity index (χ4n) is 2.50.